The largest absolute Gasteiger partial charge is 0.264 e. The van der Waals surface area contributed by atoms with E-state index in [2.05, 4.69) is 6.58 Å². The number of anilines is 1. The van der Waals surface area contributed by atoms with E-state index in [4.69, 9.17) is 23.2 Å². The molecule has 0 aromatic heterocycles. The molecule has 0 amide bonds. The van der Waals surface area contributed by atoms with Crippen molar-refractivity contribution in [2.24, 2.45) is 0 Å². The second kappa shape index (κ2) is 6.73. The van der Waals surface area contributed by atoms with Crippen molar-refractivity contribution in [3.8, 4) is 0 Å². The second-order valence-corrected chi connectivity index (χ2v) is 7.42. The summed E-state index contributed by atoms with van der Waals surface area (Å²) >= 11 is 11.9. The van der Waals surface area contributed by atoms with Gasteiger partial charge in [0.15, 0.2) is 0 Å². The highest BCUT2D eigenvalue weighted by molar-refractivity contribution is 7.92. The van der Waals surface area contributed by atoms with E-state index < -0.39 is 10.0 Å². The molecule has 0 atom stereocenters. The van der Waals surface area contributed by atoms with Crippen LogP contribution in [0.5, 0.6) is 0 Å². The first-order chi connectivity index (χ1) is 10.4. The van der Waals surface area contributed by atoms with Crippen LogP contribution in [0, 0.1) is 6.92 Å². The molecule has 0 aliphatic heterocycles. The van der Waals surface area contributed by atoms with Gasteiger partial charge in [0.2, 0.25) is 0 Å². The Morgan fingerprint density at radius 3 is 2.32 bits per heavy atom. The van der Waals surface area contributed by atoms with Gasteiger partial charge in [0.1, 0.15) is 0 Å². The van der Waals surface area contributed by atoms with Gasteiger partial charge < -0.3 is 0 Å². The van der Waals surface area contributed by atoms with E-state index in [0.717, 1.165) is 5.56 Å². The minimum atomic E-state index is -3.72. The summed E-state index contributed by atoms with van der Waals surface area (Å²) in [5.74, 6) is 0. The van der Waals surface area contributed by atoms with Crippen LogP contribution >= 0.6 is 23.2 Å². The van der Waals surface area contributed by atoms with Crippen molar-refractivity contribution in [2.75, 3.05) is 10.8 Å². The Balaban J connectivity index is 2.52. The van der Waals surface area contributed by atoms with Gasteiger partial charge in [-0.05, 0) is 48.9 Å². The van der Waals surface area contributed by atoms with E-state index in [1.807, 2.05) is 6.92 Å². The molecular formula is C16H15Cl2NO2S. The van der Waals surface area contributed by atoms with Gasteiger partial charge in [-0.2, -0.15) is 0 Å². The van der Waals surface area contributed by atoms with Crippen LogP contribution in [0.15, 0.2) is 60.0 Å². The molecule has 0 N–H and O–H groups in total. The Hall–Kier alpha value is -1.49. The topological polar surface area (TPSA) is 37.4 Å². The SMILES string of the molecule is C=CCN(c1ccc(C)c(Cl)c1)S(=O)(=O)c1ccc(Cl)cc1. The standard InChI is InChI=1S/C16H15Cl2NO2S/c1-3-10-19(14-7-4-12(2)16(18)11-14)22(20,21)15-8-5-13(17)6-9-15/h3-9,11H,1,10H2,2H3. The van der Waals surface area contributed by atoms with Crippen LogP contribution < -0.4 is 4.31 Å². The lowest BCUT2D eigenvalue weighted by Gasteiger charge is -2.23. The van der Waals surface area contributed by atoms with Crippen LogP contribution in [0.1, 0.15) is 5.56 Å². The van der Waals surface area contributed by atoms with E-state index in [9.17, 15) is 8.42 Å². The number of sulfonamides is 1. The van der Waals surface area contributed by atoms with Crippen LogP contribution in [-0.4, -0.2) is 15.0 Å². The van der Waals surface area contributed by atoms with Crippen molar-refractivity contribution < 1.29 is 8.42 Å². The van der Waals surface area contributed by atoms with Crippen molar-refractivity contribution in [2.45, 2.75) is 11.8 Å². The lowest BCUT2D eigenvalue weighted by molar-refractivity contribution is 0.593. The van der Waals surface area contributed by atoms with Crippen LogP contribution in [-0.2, 0) is 10.0 Å². The minimum Gasteiger partial charge on any atom is -0.262 e. The van der Waals surface area contributed by atoms with Gasteiger partial charge in [0, 0.05) is 10.0 Å². The highest BCUT2D eigenvalue weighted by Gasteiger charge is 2.24. The van der Waals surface area contributed by atoms with Gasteiger partial charge in [-0.25, -0.2) is 8.42 Å². The third-order valence-corrected chi connectivity index (χ3v) is 5.61. The Morgan fingerprint density at radius 1 is 1.14 bits per heavy atom. The highest BCUT2D eigenvalue weighted by atomic mass is 35.5. The van der Waals surface area contributed by atoms with E-state index in [1.54, 1.807) is 30.3 Å². The number of rotatable bonds is 5. The molecule has 2 aromatic carbocycles. The maximum atomic E-state index is 12.8. The van der Waals surface area contributed by atoms with Crippen LogP contribution in [0.3, 0.4) is 0 Å². The van der Waals surface area contributed by atoms with E-state index in [1.165, 1.54) is 22.5 Å². The summed E-state index contributed by atoms with van der Waals surface area (Å²) in [5.41, 5.74) is 1.37. The predicted molar refractivity (Wildman–Crippen MR) is 92.4 cm³/mol. The Kier molecular flexibility index (Phi) is 5.16. The average Bonchev–Trinajstić information content (AvgIpc) is 2.48. The van der Waals surface area contributed by atoms with E-state index in [0.29, 0.717) is 15.7 Å². The summed E-state index contributed by atoms with van der Waals surface area (Å²) in [4.78, 5) is 0.162. The molecule has 6 heteroatoms. The number of benzene rings is 2. The van der Waals surface area contributed by atoms with Gasteiger partial charge in [0.05, 0.1) is 17.1 Å². The van der Waals surface area contributed by atoms with Gasteiger partial charge in [-0.3, -0.25) is 4.31 Å². The molecule has 2 aromatic rings. The summed E-state index contributed by atoms with van der Waals surface area (Å²) < 4.78 is 26.9. The molecule has 3 nitrogen and oxygen atoms in total. The molecule has 0 bridgehead atoms. The van der Waals surface area contributed by atoms with Crippen molar-refractivity contribution in [1.82, 2.24) is 0 Å². The smallest absolute Gasteiger partial charge is 0.262 e. The predicted octanol–water partition coefficient (Wildman–Crippen LogP) is 4.68. The van der Waals surface area contributed by atoms with Gasteiger partial charge in [0.25, 0.3) is 10.0 Å². The Bertz CT molecular complexity index is 786. The first-order valence-corrected chi connectivity index (χ1v) is 8.71. The summed E-state index contributed by atoms with van der Waals surface area (Å²) in [6.45, 7) is 5.63. The van der Waals surface area contributed by atoms with Crippen LogP contribution in [0.25, 0.3) is 0 Å². The fraction of sp³-hybridized carbons (Fsp3) is 0.125. The molecule has 2 rings (SSSR count). The van der Waals surface area contributed by atoms with E-state index in [-0.39, 0.29) is 11.4 Å². The molecule has 0 saturated carbocycles. The molecule has 0 aliphatic carbocycles. The fourth-order valence-corrected chi connectivity index (χ4v) is 3.66. The zero-order valence-electron chi connectivity index (χ0n) is 12.0. The first-order valence-electron chi connectivity index (χ1n) is 6.51. The maximum Gasteiger partial charge on any atom is 0.264 e. The molecule has 0 spiro atoms. The summed E-state index contributed by atoms with van der Waals surface area (Å²) in [7, 11) is -3.72. The molecule has 0 heterocycles. The summed E-state index contributed by atoms with van der Waals surface area (Å²) in [5, 5.41) is 0.991. The Labute approximate surface area is 140 Å². The monoisotopic (exact) mass is 355 g/mol. The zero-order chi connectivity index (χ0) is 16.3. The first kappa shape index (κ1) is 16.9. The number of hydrogen-bond acceptors (Lipinski definition) is 2. The molecule has 22 heavy (non-hydrogen) atoms. The molecule has 0 fully saturated rings. The van der Waals surface area contributed by atoms with Crippen molar-refractivity contribution in [3.63, 3.8) is 0 Å². The second-order valence-electron chi connectivity index (χ2n) is 4.71. The number of halogens is 2. The van der Waals surface area contributed by atoms with Gasteiger partial charge in [-0.15, -0.1) is 6.58 Å². The van der Waals surface area contributed by atoms with Gasteiger partial charge >= 0.3 is 0 Å². The molecule has 116 valence electrons. The van der Waals surface area contributed by atoms with Crippen molar-refractivity contribution in [1.29, 1.82) is 0 Å². The lowest BCUT2D eigenvalue weighted by Crippen LogP contribution is -2.31. The zero-order valence-corrected chi connectivity index (χ0v) is 14.3. The third-order valence-electron chi connectivity index (χ3n) is 3.14. The molecule has 0 aliphatic rings. The van der Waals surface area contributed by atoms with Crippen LogP contribution in [0.2, 0.25) is 10.0 Å². The lowest BCUT2D eigenvalue weighted by atomic mass is 10.2. The van der Waals surface area contributed by atoms with Crippen molar-refractivity contribution >= 4 is 38.9 Å². The molecule has 0 unspecified atom stereocenters. The normalized spacial score (nSPS) is 11.2. The summed E-state index contributed by atoms with van der Waals surface area (Å²) in [6.07, 6.45) is 1.53. The maximum absolute atomic E-state index is 12.8. The number of nitrogens with zero attached hydrogens (tertiary/aromatic N) is 1. The molecule has 0 saturated heterocycles. The van der Waals surface area contributed by atoms with Gasteiger partial charge in [-0.1, -0.05) is 35.3 Å². The third kappa shape index (κ3) is 3.46. The van der Waals surface area contributed by atoms with Crippen LogP contribution in [0.4, 0.5) is 5.69 Å². The molecular weight excluding hydrogens is 341 g/mol. The quantitative estimate of drug-likeness (QED) is 0.730. The summed E-state index contributed by atoms with van der Waals surface area (Å²) in [6, 6.07) is 11.2. The van der Waals surface area contributed by atoms with E-state index >= 15 is 0 Å². The Morgan fingerprint density at radius 2 is 1.77 bits per heavy atom. The molecule has 0 radical (unpaired) electrons. The average molecular weight is 356 g/mol. The highest BCUT2D eigenvalue weighted by Crippen LogP contribution is 2.28. The number of hydrogen-bond donors (Lipinski definition) is 0. The number of aryl methyl sites for hydroxylation is 1. The minimum absolute atomic E-state index is 0.143. The van der Waals surface area contributed by atoms with Crippen molar-refractivity contribution in [3.05, 3.63) is 70.7 Å². The fourth-order valence-electron chi connectivity index (χ4n) is 1.93.